The van der Waals surface area contributed by atoms with Gasteiger partial charge in [0.05, 0.1) is 18.3 Å². The van der Waals surface area contributed by atoms with Crippen molar-refractivity contribution in [1.82, 2.24) is 9.55 Å². The predicted octanol–water partition coefficient (Wildman–Crippen LogP) is 3.52. The number of fused-ring (bicyclic) bond motifs is 5. The van der Waals surface area contributed by atoms with Crippen LogP contribution in [0.3, 0.4) is 0 Å². The lowest BCUT2D eigenvalue weighted by atomic mass is 9.86. The van der Waals surface area contributed by atoms with E-state index in [-0.39, 0.29) is 35.2 Å². The van der Waals surface area contributed by atoms with Crippen LogP contribution in [0.25, 0.3) is 11.4 Å². The van der Waals surface area contributed by atoms with E-state index in [4.69, 9.17) is 9.47 Å². The molecule has 6 heteroatoms. The third-order valence-electron chi connectivity index (χ3n) is 5.62. The summed E-state index contributed by atoms with van der Waals surface area (Å²) in [5.41, 5.74) is 1.83. The quantitative estimate of drug-likeness (QED) is 0.759. The molecule has 1 aliphatic heterocycles. The Hall–Kier alpha value is -2.63. The molecule has 142 valence electrons. The topological polar surface area (TPSA) is 70.4 Å². The monoisotopic (exact) mass is 368 g/mol. The maximum atomic E-state index is 12.7. The van der Waals surface area contributed by atoms with E-state index in [0.29, 0.717) is 17.1 Å². The van der Waals surface area contributed by atoms with Crippen LogP contribution < -0.4 is 10.2 Å². The third-order valence-corrected chi connectivity index (χ3v) is 5.62. The highest BCUT2D eigenvalue weighted by molar-refractivity contribution is 5.89. The number of carbonyl (C=O) groups excluding carboxylic acids is 1. The van der Waals surface area contributed by atoms with Crippen molar-refractivity contribution in [3.63, 3.8) is 0 Å². The van der Waals surface area contributed by atoms with E-state index in [2.05, 4.69) is 18.8 Å². The molecule has 1 fully saturated rings. The standard InChI is InChI=1S/C21H24N2O4/c1-5-26-20(25)13-11-23-14(10-15(13)24)18-16(7-6-12(2)22-18)27-17-8-9-21(3,4)19(17)23/h6-7,10-11,17,19H,5,8-9H2,1-4H3. The van der Waals surface area contributed by atoms with E-state index in [1.54, 1.807) is 13.1 Å². The van der Waals surface area contributed by atoms with Crippen LogP contribution in [-0.4, -0.2) is 28.2 Å². The van der Waals surface area contributed by atoms with Crippen molar-refractivity contribution in [3.05, 3.63) is 45.9 Å². The summed E-state index contributed by atoms with van der Waals surface area (Å²) >= 11 is 0. The first kappa shape index (κ1) is 17.8. The summed E-state index contributed by atoms with van der Waals surface area (Å²) in [6.45, 7) is 8.25. The second kappa shape index (κ2) is 6.22. The van der Waals surface area contributed by atoms with Crippen LogP contribution in [-0.2, 0) is 4.74 Å². The number of hydrogen-bond donors (Lipinski definition) is 0. The number of aromatic nitrogens is 2. The van der Waals surface area contributed by atoms with Gasteiger partial charge in [-0.15, -0.1) is 0 Å². The number of nitrogens with zero attached hydrogens (tertiary/aromatic N) is 2. The van der Waals surface area contributed by atoms with Crippen molar-refractivity contribution in [1.29, 1.82) is 0 Å². The van der Waals surface area contributed by atoms with Gasteiger partial charge in [0.25, 0.3) is 0 Å². The van der Waals surface area contributed by atoms with Gasteiger partial charge in [0, 0.05) is 18.0 Å². The van der Waals surface area contributed by atoms with Crippen molar-refractivity contribution in [2.45, 2.75) is 52.7 Å². The Kier molecular flexibility index (Phi) is 4.09. The highest BCUT2D eigenvalue weighted by Crippen LogP contribution is 2.51. The molecule has 0 bridgehead atoms. The molecule has 0 aromatic carbocycles. The zero-order valence-corrected chi connectivity index (χ0v) is 16.1. The molecule has 2 aromatic rings. The molecule has 2 aromatic heterocycles. The fourth-order valence-electron chi connectivity index (χ4n) is 4.32. The fourth-order valence-corrected chi connectivity index (χ4v) is 4.32. The molecular weight excluding hydrogens is 344 g/mol. The number of rotatable bonds is 2. The minimum absolute atomic E-state index is 0.00390. The summed E-state index contributed by atoms with van der Waals surface area (Å²) in [4.78, 5) is 29.6. The Bertz CT molecular complexity index is 977. The Morgan fingerprint density at radius 2 is 2.19 bits per heavy atom. The van der Waals surface area contributed by atoms with E-state index in [9.17, 15) is 9.59 Å². The summed E-state index contributed by atoms with van der Waals surface area (Å²) in [5, 5.41) is 0. The fraction of sp³-hybridized carbons (Fsp3) is 0.476. The van der Waals surface area contributed by atoms with Crippen LogP contribution in [0.15, 0.2) is 29.2 Å². The van der Waals surface area contributed by atoms with Crippen molar-refractivity contribution in [2.24, 2.45) is 5.41 Å². The van der Waals surface area contributed by atoms with Crippen LogP contribution in [0.4, 0.5) is 0 Å². The first-order valence-electron chi connectivity index (χ1n) is 9.40. The SMILES string of the molecule is CCOC(=O)c1cn2c(cc1=O)-c1nc(C)ccc1OC1CCC(C)(C)C12. The number of ether oxygens (including phenoxy) is 2. The Morgan fingerprint density at radius 3 is 2.93 bits per heavy atom. The van der Waals surface area contributed by atoms with Crippen molar-refractivity contribution in [2.75, 3.05) is 6.61 Å². The van der Waals surface area contributed by atoms with Gasteiger partial charge >= 0.3 is 5.97 Å². The number of pyridine rings is 2. The summed E-state index contributed by atoms with van der Waals surface area (Å²) in [5.74, 6) is 0.0931. The molecule has 27 heavy (non-hydrogen) atoms. The molecule has 0 N–H and O–H groups in total. The number of esters is 1. The molecule has 0 saturated heterocycles. The van der Waals surface area contributed by atoms with Gasteiger partial charge < -0.3 is 14.0 Å². The first-order valence-corrected chi connectivity index (χ1v) is 9.40. The van der Waals surface area contributed by atoms with Gasteiger partial charge in [-0.1, -0.05) is 13.8 Å². The summed E-state index contributed by atoms with van der Waals surface area (Å²) in [6, 6.07) is 5.32. The van der Waals surface area contributed by atoms with Gasteiger partial charge in [0.1, 0.15) is 23.1 Å². The highest BCUT2D eigenvalue weighted by Gasteiger charge is 2.47. The van der Waals surface area contributed by atoms with Crippen molar-refractivity contribution < 1.29 is 14.3 Å². The summed E-state index contributed by atoms with van der Waals surface area (Å²) < 4.78 is 13.4. The van der Waals surface area contributed by atoms with E-state index in [1.807, 2.05) is 23.6 Å². The molecule has 2 aliphatic rings. The molecule has 4 rings (SSSR count). The zero-order chi connectivity index (χ0) is 19.3. The van der Waals surface area contributed by atoms with E-state index >= 15 is 0 Å². The maximum absolute atomic E-state index is 12.7. The van der Waals surface area contributed by atoms with Gasteiger partial charge in [0.15, 0.2) is 5.43 Å². The second-order valence-corrected chi connectivity index (χ2v) is 7.99. The molecule has 3 heterocycles. The van der Waals surface area contributed by atoms with Crippen LogP contribution in [0, 0.1) is 12.3 Å². The molecule has 1 saturated carbocycles. The minimum atomic E-state index is -0.590. The van der Waals surface area contributed by atoms with Crippen LogP contribution in [0.1, 0.15) is 55.7 Å². The second-order valence-electron chi connectivity index (χ2n) is 7.99. The molecule has 2 unspecified atom stereocenters. The van der Waals surface area contributed by atoms with Crippen LogP contribution in [0.2, 0.25) is 0 Å². The molecule has 0 amide bonds. The Labute approximate surface area is 158 Å². The molecule has 0 radical (unpaired) electrons. The number of aryl methyl sites for hydroxylation is 1. The molecule has 1 aliphatic carbocycles. The van der Waals surface area contributed by atoms with Gasteiger partial charge in [-0.05, 0) is 44.2 Å². The van der Waals surface area contributed by atoms with Gasteiger partial charge in [-0.3, -0.25) is 4.79 Å². The lowest BCUT2D eigenvalue weighted by Crippen LogP contribution is -2.33. The van der Waals surface area contributed by atoms with Crippen molar-refractivity contribution in [3.8, 4) is 17.1 Å². The highest BCUT2D eigenvalue weighted by atomic mass is 16.5. The van der Waals surface area contributed by atoms with Crippen LogP contribution >= 0.6 is 0 Å². The van der Waals surface area contributed by atoms with Crippen LogP contribution in [0.5, 0.6) is 5.75 Å². The van der Waals surface area contributed by atoms with Gasteiger partial charge in [-0.25, -0.2) is 9.78 Å². The van der Waals surface area contributed by atoms with Crippen molar-refractivity contribution >= 4 is 5.97 Å². The average Bonchev–Trinajstić information content (AvgIpc) is 2.83. The average molecular weight is 368 g/mol. The van der Waals surface area contributed by atoms with Gasteiger partial charge in [0.2, 0.25) is 0 Å². The van der Waals surface area contributed by atoms with E-state index < -0.39 is 5.97 Å². The largest absolute Gasteiger partial charge is 0.486 e. The molecule has 2 atom stereocenters. The summed E-state index contributed by atoms with van der Waals surface area (Å²) in [6.07, 6.45) is 3.51. The number of hydrogen-bond acceptors (Lipinski definition) is 5. The maximum Gasteiger partial charge on any atom is 0.343 e. The van der Waals surface area contributed by atoms with E-state index in [1.165, 1.54) is 6.07 Å². The predicted molar refractivity (Wildman–Crippen MR) is 101 cm³/mol. The molecule has 0 spiro atoms. The summed E-state index contributed by atoms with van der Waals surface area (Å²) in [7, 11) is 0. The lowest BCUT2D eigenvalue weighted by molar-refractivity contribution is 0.0522. The smallest absolute Gasteiger partial charge is 0.343 e. The third kappa shape index (κ3) is 2.83. The van der Waals surface area contributed by atoms with E-state index in [0.717, 1.165) is 18.5 Å². The lowest BCUT2D eigenvalue weighted by Gasteiger charge is -2.32. The minimum Gasteiger partial charge on any atom is -0.486 e. The van der Waals surface area contributed by atoms with Gasteiger partial charge in [-0.2, -0.15) is 0 Å². The molecular formula is C21H24N2O4. The Balaban J connectivity index is 2.00. The normalized spacial score (nSPS) is 22.1. The Morgan fingerprint density at radius 1 is 1.41 bits per heavy atom. The number of carbonyl (C=O) groups is 1. The zero-order valence-electron chi connectivity index (χ0n) is 16.1. The molecule has 6 nitrogen and oxygen atoms in total. The first-order chi connectivity index (χ1) is 12.8.